The van der Waals surface area contributed by atoms with Crippen LogP contribution in [0.2, 0.25) is 0 Å². The number of rotatable bonds is 4. The van der Waals surface area contributed by atoms with Crippen molar-refractivity contribution in [3.63, 3.8) is 0 Å². The van der Waals surface area contributed by atoms with Crippen molar-refractivity contribution in [2.75, 3.05) is 7.11 Å². The third-order valence-corrected chi connectivity index (χ3v) is 2.29. The molecular weight excluding hydrogens is 206 g/mol. The Hall–Kier alpha value is -1.85. The summed E-state index contributed by atoms with van der Waals surface area (Å²) in [6.45, 7) is 0. The van der Waals surface area contributed by atoms with Gasteiger partial charge in [0, 0.05) is 6.20 Å². The zero-order valence-corrected chi connectivity index (χ0v) is 8.88. The first-order chi connectivity index (χ1) is 7.86. The molecule has 0 aliphatic heterocycles. The summed E-state index contributed by atoms with van der Waals surface area (Å²) in [5.41, 5.74) is 3.36. The number of nitrogens with zero attached hydrogens (tertiary/aromatic N) is 1. The Balaban J connectivity index is 2.41. The second-order valence-electron chi connectivity index (χ2n) is 3.21. The van der Waals surface area contributed by atoms with Gasteiger partial charge in [-0.3, -0.25) is 10.8 Å². The number of furan rings is 1. The lowest BCUT2D eigenvalue weighted by molar-refractivity contribution is 0.388. The van der Waals surface area contributed by atoms with E-state index >= 15 is 0 Å². The molecule has 0 bridgehead atoms. The molecule has 0 amide bonds. The van der Waals surface area contributed by atoms with Gasteiger partial charge in [0.1, 0.15) is 23.2 Å². The van der Waals surface area contributed by atoms with Crippen LogP contribution in [0.5, 0.6) is 5.75 Å². The predicted molar refractivity (Wildman–Crippen MR) is 58.7 cm³/mol. The van der Waals surface area contributed by atoms with Gasteiger partial charge in [-0.2, -0.15) is 0 Å². The summed E-state index contributed by atoms with van der Waals surface area (Å²) in [6.07, 6.45) is 3.28. The number of hydrogen-bond donors (Lipinski definition) is 2. The minimum atomic E-state index is -0.314. The van der Waals surface area contributed by atoms with Crippen molar-refractivity contribution in [3.05, 3.63) is 48.2 Å². The first-order valence-electron chi connectivity index (χ1n) is 4.85. The summed E-state index contributed by atoms with van der Waals surface area (Å²) in [4.78, 5) is 4.25. The van der Waals surface area contributed by atoms with Gasteiger partial charge in [-0.05, 0) is 24.3 Å². The molecule has 0 spiro atoms. The molecule has 16 heavy (non-hydrogen) atoms. The molecule has 5 heteroatoms. The van der Waals surface area contributed by atoms with Gasteiger partial charge < -0.3 is 9.15 Å². The van der Waals surface area contributed by atoms with Crippen LogP contribution >= 0.6 is 0 Å². The summed E-state index contributed by atoms with van der Waals surface area (Å²) in [7, 11) is 1.59. The second kappa shape index (κ2) is 4.78. The number of pyridine rings is 1. The van der Waals surface area contributed by atoms with Crippen molar-refractivity contribution in [1.82, 2.24) is 10.4 Å². The van der Waals surface area contributed by atoms with E-state index in [9.17, 15) is 0 Å². The Labute approximate surface area is 93.2 Å². The van der Waals surface area contributed by atoms with E-state index in [1.165, 1.54) is 0 Å². The van der Waals surface area contributed by atoms with E-state index in [-0.39, 0.29) is 6.04 Å². The molecule has 0 saturated heterocycles. The molecule has 1 atom stereocenters. The number of methoxy groups -OCH3 is 1. The number of hydrogen-bond acceptors (Lipinski definition) is 5. The maximum atomic E-state index is 5.51. The highest BCUT2D eigenvalue weighted by atomic mass is 16.5. The van der Waals surface area contributed by atoms with E-state index in [0.29, 0.717) is 17.2 Å². The van der Waals surface area contributed by atoms with Gasteiger partial charge in [0.2, 0.25) is 0 Å². The third kappa shape index (κ3) is 1.91. The molecular formula is C11H13N3O2. The highest BCUT2D eigenvalue weighted by Crippen LogP contribution is 2.27. The van der Waals surface area contributed by atoms with Gasteiger partial charge in [-0.25, -0.2) is 5.43 Å². The quantitative estimate of drug-likeness (QED) is 0.597. The first-order valence-corrected chi connectivity index (χ1v) is 4.85. The van der Waals surface area contributed by atoms with E-state index in [4.69, 9.17) is 15.0 Å². The number of nitrogens with two attached hydrogens (primary N) is 1. The molecule has 0 aliphatic rings. The highest BCUT2D eigenvalue weighted by Gasteiger charge is 2.20. The molecule has 0 radical (unpaired) electrons. The molecule has 84 valence electrons. The van der Waals surface area contributed by atoms with Crippen LogP contribution in [0.4, 0.5) is 0 Å². The van der Waals surface area contributed by atoms with Gasteiger partial charge in [-0.1, -0.05) is 0 Å². The van der Waals surface area contributed by atoms with Crippen molar-refractivity contribution in [2.45, 2.75) is 6.04 Å². The van der Waals surface area contributed by atoms with Gasteiger partial charge in [0.05, 0.1) is 13.4 Å². The largest absolute Gasteiger partial charge is 0.495 e. The monoisotopic (exact) mass is 219 g/mol. The van der Waals surface area contributed by atoms with Gasteiger partial charge in [0.15, 0.2) is 0 Å². The minimum absolute atomic E-state index is 0.314. The Kier molecular flexibility index (Phi) is 3.19. The standard InChI is InChI=1S/C11H13N3O2/c1-15-8-4-2-6-13-10(8)11(14-12)9-5-3-7-16-9/h2-7,11,14H,12H2,1H3. The lowest BCUT2D eigenvalue weighted by Crippen LogP contribution is -2.29. The third-order valence-electron chi connectivity index (χ3n) is 2.29. The summed E-state index contributed by atoms with van der Waals surface area (Å²) in [6, 6.07) is 6.95. The Morgan fingerprint density at radius 1 is 1.44 bits per heavy atom. The molecule has 1 unspecified atom stereocenters. The Bertz CT molecular complexity index is 442. The SMILES string of the molecule is COc1cccnc1C(NN)c1ccco1. The van der Waals surface area contributed by atoms with Crippen LogP contribution in [-0.2, 0) is 0 Å². The summed E-state index contributed by atoms with van der Waals surface area (Å²) < 4.78 is 10.5. The summed E-state index contributed by atoms with van der Waals surface area (Å²) >= 11 is 0. The van der Waals surface area contributed by atoms with Crippen LogP contribution in [-0.4, -0.2) is 12.1 Å². The van der Waals surface area contributed by atoms with Crippen LogP contribution in [0.25, 0.3) is 0 Å². The molecule has 0 fully saturated rings. The fourth-order valence-corrected chi connectivity index (χ4v) is 1.54. The molecule has 3 N–H and O–H groups in total. The van der Waals surface area contributed by atoms with E-state index in [1.54, 1.807) is 31.7 Å². The fraction of sp³-hybridized carbons (Fsp3) is 0.182. The Morgan fingerprint density at radius 2 is 2.31 bits per heavy atom. The maximum Gasteiger partial charge on any atom is 0.142 e. The lowest BCUT2D eigenvalue weighted by atomic mass is 10.1. The molecule has 5 nitrogen and oxygen atoms in total. The zero-order valence-electron chi connectivity index (χ0n) is 8.88. The van der Waals surface area contributed by atoms with Crippen LogP contribution < -0.4 is 16.0 Å². The molecule has 0 saturated carbocycles. The smallest absolute Gasteiger partial charge is 0.142 e. The van der Waals surface area contributed by atoms with Crippen LogP contribution in [0.1, 0.15) is 17.5 Å². The zero-order chi connectivity index (χ0) is 11.4. The Morgan fingerprint density at radius 3 is 2.94 bits per heavy atom. The van der Waals surface area contributed by atoms with Crippen molar-refractivity contribution < 1.29 is 9.15 Å². The van der Waals surface area contributed by atoms with Gasteiger partial charge in [-0.15, -0.1) is 0 Å². The van der Waals surface area contributed by atoms with Crippen molar-refractivity contribution in [3.8, 4) is 5.75 Å². The predicted octanol–water partition coefficient (Wildman–Crippen LogP) is 1.24. The van der Waals surface area contributed by atoms with Gasteiger partial charge >= 0.3 is 0 Å². The van der Waals surface area contributed by atoms with Crippen molar-refractivity contribution >= 4 is 0 Å². The van der Waals surface area contributed by atoms with E-state index in [0.717, 1.165) is 0 Å². The number of aromatic nitrogens is 1. The fourth-order valence-electron chi connectivity index (χ4n) is 1.54. The molecule has 0 aromatic carbocycles. The topological polar surface area (TPSA) is 73.3 Å². The first kappa shape index (κ1) is 10.7. The molecule has 2 rings (SSSR count). The van der Waals surface area contributed by atoms with Crippen LogP contribution in [0.15, 0.2) is 41.1 Å². The average molecular weight is 219 g/mol. The number of nitrogens with one attached hydrogen (secondary N) is 1. The van der Waals surface area contributed by atoms with Gasteiger partial charge in [0.25, 0.3) is 0 Å². The van der Waals surface area contributed by atoms with Crippen molar-refractivity contribution in [2.24, 2.45) is 5.84 Å². The van der Waals surface area contributed by atoms with E-state index < -0.39 is 0 Å². The second-order valence-corrected chi connectivity index (χ2v) is 3.21. The minimum Gasteiger partial charge on any atom is -0.495 e. The average Bonchev–Trinajstić information content (AvgIpc) is 2.84. The summed E-state index contributed by atoms with van der Waals surface area (Å²) in [5, 5.41) is 0. The normalized spacial score (nSPS) is 12.4. The van der Waals surface area contributed by atoms with Crippen molar-refractivity contribution in [1.29, 1.82) is 0 Å². The molecule has 2 heterocycles. The van der Waals surface area contributed by atoms with Crippen LogP contribution in [0.3, 0.4) is 0 Å². The van der Waals surface area contributed by atoms with E-state index in [1.807, 2.05) is 12.1 Å². The maximum absolute atomic E-state index is 5.51. The number of ether oxygens (including phenoxy) is 1. The highest BCUT2D eigenvalue weighted by molar-refractivity contribution is 5.33. The molecule has 2 aromatic heterocycles. The number of hydrazine groups is 1. The molecule has 2 aromatic rings. The summed E-state index contributed by atoms with van der Waals surface area (Å²) in [5.74, 6) is 6.88. The van der Waals surface area contributed by atoms with E-state index in [2.05, 4.69) is 10.4 Å². The molecule has 0 aliphatic carbocycles. The van der Waals surface area contributed by atoms with Crippen LogP contribution in [0, 0.1) is 0 Å². The lowest BCUT2D eigenvalue weighted by Gasteiger charge is -2.15.